The van der Waals surface area contributed by atoms with E-state index in [4.69, 9.17) is 5.73 Å². The summed E-state index contributed by atoms with van der Waals surface area (Å²) in [6.45, 7) is 0.783. The van der Waals surface area contributed by atoms with Gasteiger partial charge in [0.05, 0.1) is 0 Å². The highest BCUT2D eigenvalue weighted by atomic mass is 16.1. The molecule has 0 atom stereocenters. The Morgan fingerprint density at radius 1 is 1.24 bits per heavy atom. The van der Waals surface area contributed by atoms with E-state index in [-0.39, 0.29) is 5.91 Å². The average molecular weight is 224 g/mol. The summed E-state index contributed by atoms with van der Waals surface area (Å²) in [7, 11) is 0. The molecular formula is C14H12N2O. The first kappa shape index (κ1) is 9.90. The number of amides is 1. The van der Waals surface area contributed by atoms with Gasteiger partial charge in [0.25, 0.3) is 0 Å². The lowest BCUT2D eigenvalue weighted by molar-refractivity contribution is 0.100. The maximum absolute atomic E-state index is 11.5. The predicted octanol–water partition coefficient (Wildman–Crippen LogP) is 2.01. The van der Waals surface area contributed by atoms with Crippen molar-refractivity contribution in [3.05, 3.63) is 53.2 Å². The molecule has 0 spiro atoms. The van der Waals surface area contributed by atoms with E-state index in [1.54, 1.807) is 0 Å². The molecule has 0 saturated heterocycles. The highest BCUT2D eigenvalue weighted by molar-refractivity contribution is 6.08. The zero-order chi connectivity index (χ0) is 11.8. The molecule has 84 valence electrons. The highest BCUT2D eigenvalue weighted by Crippen LogP contribution is 2.28. The van der Waals surface area contributed by atoms with Gasteiger partial charge in [-0.15, -0.1) is 0 Å². The lowest BCUT2D eigenvalue weighted by atomic mass is 9.93. The van der Waals surface area contributed by atoms with Crippen LogP contribution in [0.1, 0.15) is 21.5 Å². The van der Waals surface area contributed by atoms with E-state index in [0.717, 1.165) is 22.9 Å². The Morgan fingerprint density at radius 3 is 2.76 bits per heavy atom. The Morgan fingerprint density at radius 2 is 2.00 bits per heavy atom. The Labute approximate surface area is 98.9 Å². The topological polar surface area (TPSA) is 55.1 Å². The minimum absolute atomic E-state index is 0.379. The van der Waals surface area contributed by atoms with E-state index >= 15 is 0 Å². The van der Waals surface area contributed by atoms with Crippen molar-refractivity contribution in [2.24, 2.45) is 5.73 Å². The second kappa shape index (κ2) is 3.63. The Balaban J connectivity index is 2.44. The van der Waals surface area contributed by atoms with Gasteiger partial charge in [0.1, 0.15) is 0 Å². The van der Waals surface area contributed by atoms with Crippen molar-refractivity contribution in [1.29, 1.82) is 0 Å². The summed E-state index contributed by atoms with van der Waals surface area (Å²) in [5.41, 5.74) is 8.30. The number of nitrogens with one attached hydrogen (secondary N) is 1. The number of carbonyl (C=O) groups is 1. The maximum atomic E-state index is 11.5. The molecule has 0 radical (unpaired) electrons. The Bertz CT molecular complexity index is 644. The molecule has 3 rings (SSSR count). The third kappa shape index (κ3) is 1.47. The summed E-state index contributed by atoms with van der Waals surface area (Å²) in [5.74, 6) is -0.379. The molecule has 0 aromatic heterocycles. The Kier molecular flexibility index (Phi) is 2.11. The normalized spacial score (nSPS) is 13.2. The van der Waals surface area contributed by atoms with Crippen LogP contribution in [0.15, 0.2) is 36.5 Å². The molecule has 1 aliphatic heterocycles. The van der Waals surface area contributed by atoms with Gasteiger partial charge in [-0.3, -0.25) is 4.79 Å². The van der Waals surface area contributed by atoms with Crippen molar-refractivity contribution < 1.29 is 4.79 Å². The third-order valence-corrected chi connectivity index (χ3v) is 3.12. The van der Waals surface area contributed by atoms with Gasteiger partial charge in [0, 0.05) is 12.1 Å². The number of nitrogens with two attached hydrogens (primary N) is 1. The maximum Gasteiger partial charge on any atom is 0.249 e. The molecule has 0 saturated carbocycles. The van der Waals surface area contributed by atoms with E-state index in [9.17, 15) is 4.79 Å². The van der Waals surface area contributed by atoms with Crippen molar-refractivity contribution in [2.75, 3.05) is 0 Å². The quantitative estimate of drug-likeness (QED) is 0.778. The van der Waals surface area contributed by atoms with Crippen LogP contribution >= 0.6 is 0 Å². The molecule has 2 aromatic rings. The minimum atomic E-state index is -0.379. The molecule has 17 heavy (non-hydrogen) atoms. The standard InChI is InChI=1S/C14H12N2O/c15-14(17)12-7-9-5-6-16-8-13(9)11-4-2-1-3-10(11)12/h1-7,16H,8H2,(H2,15,17). The molecule has 3 N–H and O–H groups in total. The van der Waals surface area contributed by atoms with E-state index in [1.165, 1.54) is 5.56 Å². The molecule has 1 amide bonds. The average Bonchev–Trinajstić information content (AvgIpc) is 2.37. The molecule has 2 aromatic carbocycles. The number of rotatable bonds is 1. The first-order valence-corrected chi connectivity index (χ1v) is 5.52. The van der Waals surface area contributed by atoms with Crippen molar-refractivity contribution in [2.45, 2.75) is 6.54 Å². The molecule has 3 heteroatoms. The number of fused-ring (bicyclic) bond motifs is 3. The molecule has 0 unspecified atom stereocenters. The second-order valence-corrected chi connectivity index (χ2v) is 4.12. The number of carbonyl (C=O) groups excluding carboxylic acids is 1. The van der Waals surface area contributed by atoms with Crippen LogP contribution in [0.3, 0.4) is 0 Å². The molecule has 0 bridgehead atoms. The molecule has 0 fully saturated rings. The van der Waals surface area contributed by atoms with Crippen LogP contribution in [0.2, 0.25) is 0 Å². The smallest absolute Gasteiger partial charge is 0.249 e. The molecule has 3 nitrogen and oxygen atoms in total. The van der Waals surface area contributed by atoms with Gasteiger partial charge in [-0.25, -0.2) is 0 Å². The summed E-state index contributed by atoms with van der Waals surface area (Å²) < 4.78 is 0. The van der Waals surface area contributed by atoms with E-state index in [0.29, 0.717) is 5.56 Å². The van der Waals surface area contributed by atoms with Gasteiger partial charge < -0.3 is 11.1 Å². The van der Waals surface area contributed by atoms with Crippen LogP contribution in [0, 0.1) is 0 Å². The number of hydrogen-bond donors (Lipinski definition) is 2. The second-order valence-electron chi connectivity index (χ2n) is 4.12. The summed E-state index contributed by atoms with van der Waals surface area (Å²) in [4.78, 5) is 11.5. The number of primary amides is 1. The zero-order valence-electron chi connectivity index (χ0n) is 9.23. The van der Waals surface area contributed by atoms with Crippen LogP contribution in [0.25, 0.3) is 16.8 Å². The van der Waals surface area contributed by atoms with Crippen molar-refractivity contribution in [3.8, 4) is 0 Å². The van der Waals surface area contributed by atoms with Crippen molar-refractivity contribution in [1.82, 2.24) is 5.32 Å². The molecule has 0 aliphatic carbocycles. The van der Waals surface area contributed by atoms with Crippen LogP contribution in [0.5, 0.6) is 0 Å². The fourth-order valence-electron chi connectivity index (χ4n) is 2.32. The summed E-state index contributed by atoms with van der Waals surface area (Å²) in [5, 5.41) is 5.20. The monoisotopic (exact) mass is 224 g/mol. The van der Waals surface area contributed by atoms with E-state index < -0.39 is 0 Å². The minimum Gasteiger partial charge on any atom is -0.387 e. The molecule has 1 aliphatic rings. The van der Waals surface area contributed by atoms with Crippen LogP contribution < -0.4 is 11.1 Å². The number of hydrogen-bond acceptors (Lipinski definition) is 2. The molecular weight excluding hydrogens is 212 g/mol. The summed E-state index contributed by atoms with van der Waals surface area (Å²) in [6, 6.07) is 9.74. The first-order chi connectivity index (χ1) is 8.27. The van der Waals surface area contributed by atoms with Crippen molar-refractivity contribution >= 4 is 22.8 Å². The van der Waals surface area contributed by atoms with E-state index in [2.05, 4.69) is 5.32 Å². The first-order valence-electron chi connectivity index (χ1n) is 5.52. The van der Waals surface area contributed by atoms with Gasteiger partial charge in [-0.2, -0.15) is 0 Å². The van der Waals surface area contributed by atoms with Crippen LogP contribution in [0.4, 0.5) is 0 Å². The lowest BCUT2D eigenvalue weighted by Crippen LogP contribution is -2.15. The fourth-order valence-corrected chi connectivity index (χ4v) is 2.32. The predicted molar refractivity (Wildman–Crippen MR) is 68.3 cm³/mol. The lowest BCUT2D eigenvalue weighted by Gasteiger charge is -2.16. The largest absolute Gasteiger partial charge is 0.387 e. The Hall–Kier alpha value is -2.29. The van der Waals surface area contributed by atoms with E-state index in [1.807, 2.05) is 42.6 Å². The van der Waals surface area contributed by atoms with Crippen LogP contribution in [-0.4, -0.2) is 5.91 Å². The highest BCUT2D eigenvalue weighted by Gasteiger charge is 2.14. The van der Waals surface area contributed by atoms with Gasteiger partial charge >= 0.3 is 0 Å². The van der Waals surface area contributed by atoms with Gasteiger partial charge in [-0.05, 0) is 40.2 Å². The summed E-state index contributed by atoms with van der Waals surface area (Å²) >= 11 is 0. The zero-order valence-corrected chi connectivity index (χ0v) is 9.23. The SMILES string of the molecule is NC(=O)c1cc2c(c3ccccc13)CNC=C2. The third-order valence-electron chi connectivity index (χ3n) is 3.12. The van der Waals surface area contributed by atoms with Gasteiger partial charge in [-0.1, -0.05) is 24.3 Å². The van der Waals surface area contributed by atoms with Gasteiger partial charge in [0.2, 0.25) is 5.91 Å². The fraction of sp³-hybridized carbons (Fsp3) is 0.0714. The van der Waals surface area contributed by atoms with Crippen molar-refractivity contribution in [3.63, 3.8) is 0 Å². The van der Waals surface area contributed by atoms with Gasteiger partial charge in [0.15, 0.2) is 0 Å². The number of benzene rings is 2. The summed E-state index contributed by atoms with van der Waals surface area (Å²) in [6.07, 6.45) is 3.86. The molecule has 1 heterocycles. The van der Waals surface area contributed by atoms with Crippen LogP contribution in [-0.2, 0) is 6.54 Å².